The van der Waals surface area contributed by atoms with E-state index in [2.05, 4.69) is 0 Å². The number of carbonyl (C=O) groups excluding carboxylic acids is 1. The van der Waals surface area contributed by atoms with Crippen molar-refractivity contribution in [1.82, 2.24) is 4.90 Å². The van der Waals surface area contributed by atoms with Crippen molar-refractivity contribution < 1.29 is 19.4 Å². The second kappa shape index (κ2) is 6.33. The Morgan fingerprint density at radius 3 is 2.68 bits per heavy atom. The Hall–Kier alpha value is -1.88. The Balaban J connectivity index is 1.79. The minimum atomic E-state index is -0.912. The van der Waals surface area contributed by atoms with Crippen molar-refractivity contribution in [3.05, 3.63) is 35.4 Å². The molecule has 1 N–H and O–H groups in total. The van der Waals surface area contributed by atoms with Gasteiger partial charge < -0.3 is 14.7 Å². The van der Waals surface area contributed by atoms with E-state index >= 15 is 0 Å². The van der Waals surface area contributed by atoms with Crippen molar-refractivity contribution in [2.45, 2.75) is 12.8 Å². The van der Waals surface area contributed by atoms with Gasteiger partial charge in [0.15, 0.2) is 0 Å². The molecule has 1 heterocycles. The van der Waals surface area contributed by atoms with Crippen LogP contribution in [-0.4, -0.2) is 48.2 Å². The third kappa shape index (κ3) is 3.79. The summed E-state index contributed by atoms with van der Waals surface area (Å²) in [7, 11) is 0. The molecule has 1 aromatic rings. The van der Waals surface area contributed by atoms with Crippen molar-refractivity contribution >= 4 is 11.9 Å². The van der Waals surface area contributed by atoms with Gasteiger partial charge in [0.25, 0.3) is 0 Å². The van der Waals surface area contributed by atoms with Gasteiger partial charge in [0, 0.05) is 13.1 Å². The van der Waals surface area contributed by atoms with Crippen LogP contribution >= 0.6 is 0 Å². The molecule has 2 rings (SSSR count). The third-order valence-corrected chi connectivity index (χ3v) is 3.18. The van der Waals surface area contributed by atoms with Crippen LogP contribution in [-0.2, 0) is 16.0 Å². The summed E-state index contributed by atoms with van der Waals surface area (Å²) >= 11 is 0. The fraction of sp³-hybridized carbons (Fsp3) is 0.429. The molecule has 1 aromatic carbocycles. The molecule has 1 fully saturated rings. The molecule has 0 spiro atoms. The van der Waals surface area contributed by atoms with E-state index in [0.717, 1.165) is 24.9 Å². The molecule has 0 atom stereocenters. The van der Waals surface area contributed by atoms with Gasteiger partial charge in [0.1, 0.15) is 6.61 Å². The van der Waals surface area contributed by atoms with E-state index in [0.29, 0.717) is 18.7 Å². The molecule has 0 radical (unpaired) electrons. The van der Waals surface area contributed by atoms with E-state index in [1.165, 1.54) is 0 Å². The maximum Gasteiger partial charge on any atom is 0.335 e. The lowest BCUT2D eigenvalue weighted by Crippen LogP contribution is -2.42. The minimum Gasteiger partial charge on any atom is -0.478 e. The summed E-state index contributed by atoms with van der Waals surface area (Å²) in [4.78, 5) is 24.0. The number of amides is 1. The van der Waals surface area contributed by atoms with E-state index < -0.39 is 5.97 Å². The number of hydrogen-bond acceptors (Lipinski definition) is 3. The summed E-state index contributed by atoms with van der Waals surface area (Å²) in [6, 6.07) is 6.87. The SMILES string of the molecule is O=C(O)c1ccc(CCCN2CCOCC2=O)cc1. The van der Waals surface area contributed by atoms with E-state index in [1.807, 2.05) is 17.0 Å². The fourth-order valence-electron chi connectivity index (χ4n) is 2.07. The molecule has 19 heavy (non-hydrogen) atoms. The number of benzene rings is 1. The molecular formula is C14H17NO4. The zero-order chi connectivity index (χ0) is 13.7. The molecule has 1 aliphatic rings. The van der Waals surface area contributed by atoms with Gasteiger partial charge in [-0.1, -0.05) is 12.1 Å². The van der Waals surface area contributed by atoms with Gasteiger partial charge in [-0.3, -0.25) is 4.79 Å². The zero-order valence-electron chi connectivity index (χ0n) is 10.7. The fourth-order valence-corrected chi connectivity index (χ4v) is 2.07. The van der Waals surface area contributed by atoms with Gasteiger partial charge in [-0.2, -0.15) is 0 Å². The Morgan fingerprint density at radius 2 is 2.05 bits per heavy atom. The second-order valence-corrected chi connectivity index (χ2v) is 4.54. The van der Waals surface area contributed by atoms with Gasteiger partial charge in [-0.05, 0) is 30.5 Å². The van der Waals surface area contributed by atoms with Gasteiger partial charge in [0.05, 0.1) is 12.2 Å². The maximum absolute atomic E-state index is 11.5. The van der Waals surface area contributed by atoms with Gasteiger partial charge in [-0.25, -0.2) is 4.79 Å². The molecule has 0 aliphatic carbocycles. The highest BCUT2D eigenvalue weighted by atomic mass is 16.5. The molecule has 1 saturated heterocycles. The number of carboxylic acid groups (broad SMARTS) is 1. The molecule has 0 bridgehead atoms. The summed E-state index contributed by atoms with van der Waals surface area (Å²) < 4.78 is 5.07. The van der Waals surface area contributed by atoms with E-state index in [9.17, 15) is 9.59 Å². The van der Waals surface area contributed by atoms with Gasteiger partial charge in [-0.15, -0.1) is 0 Å². The van der Waals surface area contributed by atoms with Crippen molar-refractivity contribution in [3.63, 3.8) is 0 Å². The van der Waals surface area contributed by atoms with Crippen LogP contribution in [0.1, 0.15) is 22.3 Å². The van der Waals surface area contributed by atoms with Crippen LogP contribution in [0.5, 0.6) is 0 Å². The van der Waals surface area contributed by atoms with Crippen LogP contribution in [0.2, 0.25) is 0 Å². The lowest BCUT2D eigenvalue weighted by molar-refractivity contribution is -0.142. The molecule has 1 aliphatic heterocycles. The summed E-state index contributed by atoms with van der Waals surface area (Å²) in [5.74, 6) is -0.863. The summed E-state index contributed by atoms with van der Waals surface area (Å²) in [6.45, 7) is 2.19. The monoisotopic (exact) mass is 263 g/mol. The van der Waals surface area contributed by atoms with Crippen LogP contribution in [0.4, 0.5) is 0 Å². The number of aryl methyl sites for hydroxylation is 1. The molecule has 5 heteroatoms. The number of aromatic carboxylic acids is 1. The standard InChI is InChI=1S/C14H17NO4/c16-13-10-19-9-8-15(13)7-1-2-11-3-5-12(6-4-11)14(17)18/h3-6H,1-2,7-10H2,(H,17,18). The van der Waals surface area contributed by atoms with Crippen LogP contribution in [0.25, 0.3) is 0 Å². The quantitative estimate of drug-likeness (QED) is 0.866. The Morgan fingerprint density at radius 1 is 1.32 bits per heavy atom. The lowest BCUT2D eigenvalue weighted by Gasteiger charge is -2.26. The number of carbonyl (C=O) groups is 2. The Bertz CT molecular complexity index is 455. The van der Waals surface area contributed by atoms with Crippen LogP contribution in [0.15, 0.2) is 24.3 Å². The predicted molar refractivity (Wildman–Crippen MR) is 69.1 cm³/mol. The normalized spacial score (nSPS) is 15.6. The van der Waals surface area contributed by atoms with Crippen molar-refractivity contribution in [2.24, 2.45) is 0 Å². The largest absolute Gasteiger partial charge is 0.478 e. The first-order valence-corrected chi connectivity index (χ1v) is 6.34. The van der Waals surface area contributed by atoms with Crippen LogP contribution in [0.3, 0.4) is 0 Å². The molecular weight excluding hydrogens is 246 g/mol. The average molecular weight is 263 g/mol. The Kier molecular flexibility index (Phi) is 4.52. The topological polar surface area (TPSA) is 66.8 Å². The summed E-state index contributed by atoms with van der Waals surface area (Å²) in [5.41, 5.74) is 1.39. The maximum atomic E-state index is 11.5. The molecule has 102 valence electrons. The summed E-state index contributed by atoms with van der Waals surface area (Å²) in [5, 5.41) is 8.80. The number of hydrogen-bond donors (Lipinski definition) is 1. The number of nitrogens with zero attached hydrogens (tertiary/aromatic N) is 1. The van der Waals surface area contributed by atoms with Crippen LogP contribution in [0, 0.1) is 0 Å². The minimum absolute atomic E-state index is 0.0486. The number of carboxylic acids is 1. The highest BCUT2D eigenvalue weighted by molar-refractivity contribution is 5.87. The van der Waals surface area contributed by atoms with Crippen molar-refractivity contribution in [3.8, 4) is 0 Å². The predicted octanol–water partition coefficient (Wildman–Crippen LogP) is 1.18. The van der Waals surface area contributed by atoms with E-state index in [1.54, 1.807) is 12.1 Å². The third-order valence-electron chi connectivity index (χ3n) is 3.18. The molecule has 0 unspecified atom stereocenters. The Labute approximate surface area is 111 Å². The highest BCUT2D eigenvalue weighted by Gasteiger charge is 2.17. The zero-order valence-corrected chi connectivity index (χ0v) is 10.7. The van der Waals surface area contributed by atoms with Gasteiger partial charge in [0.2, 0.25) is 5.91 Å². The average Bonchev–Trinajstić information content (AvgIpc) is 2.41. The van der Waals surface area contributed by atoms with Gasteiger partial charge >= 0.3 is 5.97 Å². The smallest absolute Gasteiger partial charge is 0.335 e. The molecule has 1 amide bonds. The number of ether oxygens (including phenoxy) is 1. The summed E-state index contributed by atoms with van der Waals surface area (Å²) in [6.07, 6.45) is 1.71. The highest BCUT2D eigenvalue weighted by Crippen LogP contribution is 2.08. The second-order valence-electron chi connectivity index (χ2n) is 4.54. The molecule has 0 aromatic heterocycles. The number of rotatable bonds is 5. The van der Waals surface area contributed by atoms with Crippen molar-refractivity contribution in [1.29, 1.82) is 0 Å². The first-order valence-electron chi connectivity index (χ1n) is 6.34. The first kappa shape index (κ1) is 13.5. The number of morpholine rings is 1. The van der Waals surface area contributed by atoms with E-state index in [-0.39, 0.29) is 12.5 Å². The van der Waals surface area contributed by atoms with Crippen LogP contribution < -0.4 is 0 Å². The molecule has 5 nitrogen and oxygen atoms in total. The lowest BCUT2D eigenvalue weighted by atomic mass is 10.1. The first-order chi connectivity index (χ1) is 9.16. The molecule has 0 saturated carbocycles. The van der Waals surface area contributed by atoms with Crippen molar-refractivity contribution in [2.75, 3.05) is 26.3 Å². The van der Waals surface area contributed by atoms with E-state index in [4.69, 9.17) is 9.84 Å².